The van der Waals surface area contributed by atoms with Crippen molar-refractivity contribution >= 4 is 23.4 Å². The summed E-state index contributed by atoms with van der Waals surface area (Å²) in [7, 11) is 0. The first-order valence-electron chi connectivity index (χ1n) is 8.55. The van der Waals surface area contributed by atoms with Gasteiger partial charge in [-0.05, 0) is 18.1 Å². The molecule has 0 radical (unpaired) electrons. The van der Waals surface area contributed by atoms with Crippen LogP contribution in [-0.2, 0) is 13.1 Å². The topological polar surface area (TPSA) is 142 Å². The fourth-order valence-electron chi connectivity index (χ4n) is 2.64. The Hall–Kier alpha value is -3.08. The fraction of sp³-hybridized carbons (Fsp3) is 0.353. The quantitative estimate of drug-likeness (QED) is 0.418. The lowest BCUT2D eigenvalue weighted by Crippen LogP contribution is -2.37. The highest BCUT2D eigenvalue weighted by molar-refractivity contribution is 7.99. The van der Waals surface area contributed by atoms with E-state index in [0.717, 1.165) is 17.5 Å². The molecule has 148 valence electrons. The van der Waals surface area contributed by atoms with E-state index in [1.165, 1.54) is 10.9 Å². The van der Waals surface area contributed by atoms with Crippen molar-refractivity contribution in [1.29, 1.82) is 0 Å². The summed E-state index contributed by atoms with van der Waals surface area (Å²) in [5, 5.41) is 8.33. The van der Waals surface area contributed by atoms with Gasteiger partial charge >= 0.3 is 5.69 Å². The third kappa shape index (κ3) is 4.25. The highest BCUT2D eigenvalue weighted by atomic mass is 32.2. The second kappa shape index (κ2) is 8.30. The number of H-pyrrole nitrogens is 1. The van der Waals surface area contributed by atoms with Gasteiger partial charge < -0.3 is 14.7 Å². The Balaban J connectivity index is 1.78. The molecule has 28 heavy (non-hydrogen) atoms. The smallest absolute Gasteiger partial charge is 0.329 e. The van der Waals surface area contributed by atoms with Gasteiger partial charge in [0.25, 0.3) is 5.56 Å². The number of hydrogen-bond acceptors (Lipinski definition) is 8. The van der Waals surface area contributed by atoms with Gasteiger partial charge in [0, 0.05) is 6.54 Å². The number of carbonyl (C=O) groups excluding carboxylic acids is 1. The van der Waals surface area contributed by atoms with Gasteiger partial charge in [-0.15, -0.1) is 10.2 Å². The lowest BCUT2D eigenvalue weighted by atomic mass is 10.2. The summed E-state index contributed by atoms with van der Waals surface area (Å²) >= 11 is 1.12. The lowest BCUT2D eigenvalue weighted by Gasteiger charge is -2.13. The van der Waals surface area contributed by atoms with Gasteiger partial charge in [0.15, 0.2) is 10.9 Å². The molecule has 0 aliphatic rings. The monoisotopic (exact) mass is 404 g/mol. The fourth-order valence-corrected chi connectivity index (χ4v) is 3.43. The summed E-state index contributed by atoms with van der Waals surface area (Å²) in [6, 6.07) is 3.59. The number of aromatic nitrogens is 5. The first-order chi connectivity index (χ1) is 13.4. The molecule has 0 amide bonds. The number of rotatable bonds is 8. The molecule has 3 heterocycles. The Morgan fingerprint density at radius 2 is 2.18 bits per heavy atom. The van der Waals surface area contributed by atoms with Crippen molar-refractivity contribution in [2.75, 3.05) is 11.5 Å². The lowest BCUT2D eigenvalue weighted by molar-refractivity contribution is 0.102. The minimum atomic E-state index is -0.787. The van der Waals surface area contributed by atoms with E-state index in [2.05, 4.69) is 15.2 Å². The molecule has 0 aliphatic heterocycles. The van der Waals surface area contributed by atoms with Crippen LogP contribution in [0, 0.1) is 5.92 Å². The Morgan fingerprint density at radius 1 is 1.39 bits per heavy atom. The van der Waals surface area contributed by atoms with Crippen LogP contribution >= 0.6 is 11.8 Å². The zero-order chi connectivity index (χ0) is 20.3. The molecule has 3 N–H and O–H groups in total. The Morgan fingerprint density at radius 3 is 2.86 bits per heavy atom. The number of ketones is 1. The van der Waals surface area contributed by atoms with Gasteiger partial charge in [-0.2, -0.15) is 0 Å². The van der Waals surface area contributed by atoms with Crippen LogP contribution in [0.25, 0.3) is 0 Å². The van der Waals surface area contributed by atoms with Crippen molar-refractivity contribution in [1.82, 2.24) is 24.3 Å². The van der Waals surface area contributed by atoms with Crippen LogP contribution in [0.4, 0.5) is 5.82 Å². The summed E-state index contributed by atoms with van der Waals surface area (Å²) in [5.41, 5.74) is 4.34. The number of nitrogens with two attached hydrogens (primary N) is 1. The van der Waals surface area contributed by atoms with Crippen molar-refractivity contribution in [2.45, 2.75) is 32.1 Å². The first kappa shape index (κ1) is 19.7. The molecule has 10 nitrogen and oxygen atoms in total. The van der Waals surface area contributed by atoms with Crippen molar-refractivity contribution in [2.24, 2.45) is 5.92 Å². The molecule has 0 unspecified atom stereocenters. The zero-order valence-electron chi connectivity index (χ0n) is 15.4. The Bertz CT molecular complexity index is 1080. The van der Waals surface area contributed by atoms with Crippen molar-refractivity contribution < 1.29 is 9.21 Å². The van der Waals surface area contributed by atoms with Gasteiger partial charge in [0.1, 0.15) is 23.5 Å². The number of nitrogens with zero attached hydrogens (tertiary/aromatic N) is 4. The molecule has 0 saturated carbocycles. The van der Waals surface area contributed by atoms with Crippen molar-refractivity contribution in [3.05, 3.63) is 56.9 Å². The second-order valence-electron chi connectivity index (χ2n) is 6.56. The van der Waals surface area contributed by atoms with E-state index < -0.39 is 17.0 Å². The van der Waals surface area contributed by atoms with Crippen molar-refractivity contribution in [3.63, 3.8) is 0 Å². The van der Waals surface area contributed by atoms with E-state index in [0.29, 0.717) is 18.2 Å². The number of furan rings is 1. The van der Waals surface area contributed by atoms with E-state index in [1.807, 2.05) is 19.9 Å². The molecule has 0 saturated heterocycles. The van der Waals surface area contributed by atoms with Gasteiger partial charge in [0.2, 0.25) is 0 Å². The maximum Gasteiger partial charge on any atom is 0.329 e. The van der Waals surface area contributed by atoms with Crippen LogP contribution in [-0.4, -0.2) is 35.9 Å². The molecule has 0 fully saturated rings. The predicted octanol–water partition coefficient (Wildman–Crippen LogP) is 0.983. The molecule has 0 atom stereocenters. The highest BCUT2D eigenvalue weighted by Gasteiger charge is 2.21. The van der Waals surface area contributed by atoms with Crippen LogP contribution < -0.4 is 17.0 Å². The highest BCUT2D eigenvalue weighted by Crippen LogP contribution is 2.19. The third-order valence-corrected chi connectivity index (χ3v) is 4.87. The van der Waals surface area contributed by atoms with Crippen LogP contribution in [0.3, 0.4) is 0 Å². The molecule has 3 rings (SSSR count). The normalized spacial score (nSPS) is 11.2. The number of thioether (sulfide) groups is 1. The van der Waals surface area contributed by atoms with Crippen LogP contribution in [0.15, 0.2) is 43.9 Å². The summed E-state index contributed by atoms with van der Waals surface area (Å²) < 4.78 is 8.24. The number of Topliss-reactive ketones (excluding diaryl/α,β-unsaturated/α-hetero) is 1. The van der Waals surface area contributed by atoms with Gasteiger partial charge in [-0.25, -0.2) is 4.79 Å². The standard InChI is InChI=1S/C17H20N6O4S/c1-10(2)6-23-14(18)13(15(25)20-16(23)26)12(24)8-28-17-21-19-9-22(17)7-11-4-3-5-27-11/h3-5,9-10H,6-8,18H2,1-2H3,(H,20,25,26). The second-order valence-corrected chi connectivity index (χ2v) is 7.50. The average Bonchev–Trinajstić information content (AvgIpc) is 3.29. The summed E-state index contributed by atoms with van der Waals surface area (Å²) in [5.74, 6) is 0.140. The minimum absolute atomic E-state index is 0.0794. The Labute approximate surface area is 163 Å². The van der Waals surface area contributed by atoms with E-state index >= 15 is 0 Å². The largest absolute Gasteiger partial charge is 0.467 e. The predicted molar refractivity (Wildman–Crippen MR) is 103 cm³/mol. The SMILES string of the molecule is CC(C)Cn1c(N)c(C(=O)CSc2nncn2Cc2ccco2)c(=O)[nH]c1=O. The average molecular weight is 404 g/mol. The third-order valence-electron chi connectivity index (χ3n) is 3.88. The van der Waals surface area contributed by atoms with Crippen LogP contribution in [0.2, 0.25) is 0 Å². The summed E-state index contributed by atoms with van der Waals surface area (Å²) in [4.78, 5) is 39.0. The number of carbonyl (C=O) groups is 1. The van der Waals surface area contributed by atoms with Crippen molar-refractivity contribution in [3.8, 4) is 0 Å². The van der Waals surface area contributed by atoms with E-state index in [-0.39, 0.29) is 23.1 Å². The first-order valence-corrected chi connectivity index (χ1v) is 9.54. The van der Waals surface area contributed by atoms with E-state index in [4.69, 9.17) is 10.2 Å². The maximum absolute atomic E-state index is 12.6. The zero-order valence-corrected chi connectivity index (χ0v) is 16.2. The molecular formula is C17H20N6O4S. The van der Waals surface area contributed by atoms with E-state index in [9.17, 15) is 14.4 Å². The molecular weight excluding hydrogens is 384 g/mol. The molecule has 11 heteroatoms. The summed E-state index contributed by atoms with van der Waals surface area (Å²) in [6.45, 7) is 4.52. The van der Waals surface area contributed by atoms with Crippen LogP contribution in [0.1, 0.15) is 30.0 Å². The number of aromatic amines is 1. The number of nitrogens with one attached hydrogen (secondary N) is 1. The van der Waals surface area contributed by atoms with Gasteiger partial charge in [-0.1, -0.05) is 25.6 Å². The number of nitrogen functional groups attached to an aromatic ring is 1. The minimum Gasteiger partial charge on any atom is -0.467 e. The molecule has 0 bridgehead atoms. The summed E-state index contributed by atoms with van der Waals surface area (Å²) in [6.07, 6.45) is 3.09. The maximum atomic E-state index is 12.6. The van der Waals surface area contributed by atoms with Crippen LogP contribution in [0.5, 0.6) is 0 Å². The van der Waals surface area contributed by atoms with Gasteiger partial charge in [0.05, 0.1) is 18.6 Å². The molecule has 0 aliphatic carbocycles. The number of hydrogen-bond donors (Lipinski definition) is 2. The van der Waals surface area contributed by atoms with E-state index in [1.54, 1.807) is 16.9 Å². The molecule has 3 aromatic rings. The van der Waals surface area contributed by atoms with Gasteiger partial charge in [-0.3, -0.25) is 19.1 Å². The Kier molecular flexibility index (Phi) is 5.83. The molecule has 0 aromatic carbocycles. The molecule has 0 spiro atoms. The number of anilines is 1. The molecule has 3 aromatic heterocycles.